The van der Waals surface area contributed by atoms with Crippen LogP contribution >= 0.6 is 11.8 Å². The van der Waals surface area contributed by atoms with E-state index in [0.717, 1.165) is 43.4 Å². The van der Waals surface area contributed by atoms with Crippen molar-refractivity contribution >= 4 is 17.7 Å². The maximum Gasteiger partial charge on any atom is 0.235 e. The molecule has 1 atom stereocenters. The second-order valence-electron chi connectivity index (χ2n) is 6.28. The fraction of sp³-hybridized carbons (Fsp3) is 0.611. The Morgan fingerprint density at radius 3 is 2.73 bits per heavy atom. The number of ether oxygens (including phenoxy) is 1. The molecule has 1 aliphatic rings. The van der Waals surface area contributed by atoms with Crippen LogP contribution in [0.1, 0.15) is 37.8 Å². The normalized spacial score (nSPS) is 17.4. The van der Waals surface area contributed by atoms with Crippen molar-refractivity contribution in [1.82, 2.24) is 4.90 Å². The van der Waals surface area contributed by atoms with E-state index in [0.29, 0.717) is 0 Å². The molecule has 1 heterocycles. The molecule has 122 valence electrons. The number of nitrogens with zero attached hydrogens (tertiary/aromatic N) is 1. The number of carbonyl (C=O) groups is 1. The largest absolute Gasteiger partial charge is 0.496 e. The average molecular weight is 321 g/mol. The monoisotopic (exact) mass is 321 g/mol. The van der Waals surface area contributed by atoms with Gasteiger partial charge in [0.2, 0.25) is 5.91 Å². The molecular formula is C18H27NO2S. The van der Waals surface area contributed by atoms with E-state index < -0.39 is 0 Å². The summed E-state index contributed by atoms with van der Waals surface area (Å²) in [5, 5.41) is -0.00127. The van der Waals surface area contributed by atoms with E-state index in [1.165, 1.54) is 11.1 Å². The van der Waals surface area contributed by atoms with E-state index in [1.807, 2.05) is 17.9 Å². The molecule has 0 N–H and O–H groups in total. The Kier molecular flexibility index (Phi) is 6.18. The maximum absolute atomic E-state index is 12.5. The summed E-state index contributed by atoms with van der Waals surface area (Å²) in [6, 6.07) is 6.20. The van der Waals surface area contributed by atoms with Crippen molar-refractivity contribution in [3.05, 3.63) is 29.3 Å². The lowest BCUT2D eigenvalue weighted by molar-refractivity contribution is -0.131. The fourth-order valence-corrected chi connectivity index (χ4v) is 3.74. The van der Waals surface area contributed by atoms with Crippen molar-refractivity contribution in [1.29, 1.82) is 0 Å². The number of amides is 1. The van der Waals surface area contributed by atoms with Crippen LogP contribution in [0.15, 0.2) is 18.2 Å². The number of piperidine rings is 1. The Morgan fingerprint density at radius 2 is 2.09 bits per heavy atom. The molecule has 1 aromatic carbocycles. The summed E-state index contributed by atoms with van der Waals surface area (Å²) in [5.41, 5.74) is 2.39. The van der Waals surface area contributed by atoms with Crippen molar-refractivity contribution < 1.29 is 9.53 Å². The quantitative estimate of drug-likeness (QED) is 0.824. The molecule has 0 radical (unpaired) electrons. The SMILES string of the molecule is COc1ccc(C)cc1CSC(C)C(=O)N1CCC(C)CC1. The summed E-state index contributed by atoms with van der Waals surface area (Å²) in [6.45, 7) is 8.20. The molecule has 1 fully saturated rings. The van der Waals surface area contributed by atoms with E-state index >= 15 is 0 Å². The molecule has 0 aromatic heterocycles. The Bertz CT molecular complexity index is 510. The highest BCUT2D eigenvalue weighted by atomic mass is 32.2. The predicted molar refractivity (Wildman–Crippen MR) is 93.5 cm³/mol. The van der Waals surface area contributed by atoms with Crippen molar-refractivity contribution in [2.45, 2.75) is 44.6 Å². The molecule has 2 rings (SSSR count). The lowest BCUT2D eigenvalue weighted by atomic mass is 9.99. The first-order valence-electron chi connectivity index (χ1n) is 8.05. The average Bonchev–Trinajstić information content (AvgIpc) is 2.52. The van der Waals surface area contributed by atoms with E-state index in [1.54, 1.807) is 18.9 Å². The summed E-state index contributed by atoms with van der Waals surface area (Å²) < 4.78 is 5.41. The Morgan fingerprint density at radius 1 is 1.41 bits per heavy atom. The van der Waals surface area contributed by atoms with Gasteiger partial charge < -0.3 is 9.64 Å². The first kappa shape index (κ1) is 17.2. The number of hydrogen-bond acceptors (Lipinski definition) is 3. The van der Waals surface area contributed by atoms with Gasteiger partial charge >= 0.3 is 0 Å². The number of methoxy groups -OCH3 is 1. The van der Waals surface area contributed by atoms with Gasteiger partial charge in [-0.25, -0.2) is 0 Å². The van der Waals surface area contributed by atoms with Gasteiger partial charge in [-0.15, -0.1) is 11.8 Å². The second kappa shape index (κ2) is 7.91. The number of aryl methyl sites for hydroxylation is 1. The van der Waals surface area contributed by atoms with Gasteiger partial charge in [0.25, 0.3) is 0 Å². The minimum Gasteiger partial charge on any atom is -0.496 e. The fourth-order valence-electron chi connectivity index (χ4n) is 2.79. The van der Waals surface area contributed by atoms with Gasteiger partial charge in [-0.1, -0.05) is 24.6 Å². The highest BCUT2D eigenvalue weighted by Gasteiger charge is 2.24. The lowest BCUT2D eigenvalue weighted by Crippen LogP contribution is -2.41. The Labute approximate surface area is 138 Å². The van der Waals surface area contributed by atoms with E-state index in [4.69, 9.17) is 4.74 Å². The number of likely N-dealkylation sites (tertiary alicyclic amines) is 1. The summed E-state index contributed by atoms with van der Waals surface area (Å²) in [6.07, 6.45) is 2.27. The molecule has 1 unspecified atom stereocenters. The minimum absolute atomic E-state index is 0.00127. The van der Waals surface area contributed by atoms with Crippen molar-refractivity contribution in [3.63, 3.8) is 0 Å². The topological polar surface area (TPSA) is 29.5 Å². The van der Waals surface area contributed by atoms with Crippen LogP contribution < -0.4 is 4.74 Å². The van der Waals surface area contributed by atoms with Crippen LogP contribution in [0, 0.1) is 12.8 Å². The Balaban J connectivity index is 1.91. The zero-order chi connectivity index (χ0) is 16.1. The van der Waals surface area contributed by atoms with Crippen LogP contribution in [0.25, 0.3) is 0 Å². The number of benzene rings is 1. The summed E-state index contributed by atoms with van der Waals surface area (Å²) >= 11 is 1.70. The molecule has 22 heavy (non-hydrogen) atoms. The first-order chi connectivity index (χ1) is 10.5. The molecular weight excluding hydrogens is 294 g/mol. The van der Waals surface area contributed by atoms with Gasteiger partial charge in [-0.05, 0) is 38.7 Å². The minimum atomic E-state index is -0.00127. The summed E-state index contributed by atoms with van der Waals surface area (Å²) in [5.74, 6) is 2.75. The summed E-state index contributed by atoms with van der Waals surface area (Å²) in [7, 11) is 1.70. The third kappa shape index (κ3) is 4.42. The van der Waals surface area contributed by atoms with E-state index in [-0.39, 0.29) is 11.2 Å². The standard InChI is InChI=1S/C18H27NO2S/c1-13-7-9-19(10-8-13)18(20)15(3)22-12-16-11-14(2)5-6-17(16)21-4/h5-6,11,13,15H,7-10,12H2,1-4H3. The lowest BCUT2D eigenvalue weighted by Gasteiger charge is -2.32. The van der Waals surface area contributed by atoms with E-state index in [2.05, 4.69) is 26.0 Å². The summed E-state index contributed by atoms with van der Waals surface area (Å²) in [4.78, 5) is 14.6. The van der Waals surface area contributed by atoms with Gasteiger partial charge in [-0.3, -0.25) is 4.79 Å². The number of carbonyl (C=O) groups excluding carboxylic acids is 1. The number of rotatable bonds is 5. The third-order valence-corrected chi connectivity index (χ3v) is 5.55. The molecule has 1 aromatic rings. The van der Waals surface area contributed by atoms with Crippen LogP contribution in [-0.4, -0.2) is 36.3 Å². The van der Waals surface area contributed by atoms with Crippen molar-refractivity contribution in [2.24, 2.45) is 5.92 Å². The van der Waals surface area contributed by atoms with E-state index in [9.17, 15) is 4.79 Å². The molecule has 4 heteroatoms. The van der Waals surface area contributed by atoms with Crippen LogP contribution in [0.2, 0.25) is 0 Å². The van der Waals surface area contributed by atoms with Gasteiger partial charge in [0.05, 0.1) is 12.4 Å². The predicted octanol–water partition coefficient (Wildman–Crippen LogP) is 3.88. The van der Waals surface area contributed by atoms with Crippen LogP contribution in [0.5, 0.6) is 5.75 Å². The van der Waals surface area contributed by atoms with Crippen molar-refractivity contribution in [2.75, 3.05) is 20.2 Å². The van der Waals surface area contributed by atoms with Crippen LogP contribution in [-0.2, 0) is 10.5 Å². The van der Waals surface area contributed by atoms with Crippen LogP contribution in [0.3, 0.4) is 0 Å². The highest BCUT2D eigenvalue weighted by Crippen LogP contribution is 2.28. The maximum atomic E-state index is 12.5. The Hall–Kier alpha value is -1.16. The molecule has 3 nitrogen and oxygen atoms in total. The van der Waals surface area contributed by atoms with Gasteiger partial charge in [0, 0.05) is 24.4 Å². The first-order valence-corrected chi connectivity index (χ1v) is 9.10. The molecule has 0 saturated carbocycles. The highest BCUT2D eigenvalue weighted by molar-refractivity contribution is 7.99. The molecule has 0 aliphatic carbocycles. The molecule has 1 saturated heterocycles. The molecule has 0 spiro atoms. The third-order valence-electron chi connectivity index (χ3n) is 4.37. The zero-order valence-corrected chi connectivity index (χ0v) is 14.9. The molecule has 1 amide bonds. The smallest absolute Gasteiger partial charge is 0.235 e. The van der Waals surface area contributed by atoms with Gasteiger partial charge in [-0.2, -0.15) is 0 Å². The van der Waals surface area contributed by atoms with Gasteiger partial charge in [0.1, 0.15) is 5.75 Å². The number of hydrogen-bond donors (Lipinski definition) is 0. The molecule has 0 bridgehead atoms. The molecule has 1 aliphatic heterocycles. The second-order valence-corrected chi connectivity index (χ2v) is 7.61. The number of thioether (sulfide) groups is 1. The van der Waals surface area contributed by atoms with Crippen LogP contribution in [0.4, 0.5) is 0 Å². The van der Waals surface area contributed by atoms with Crippen molar-refractivity contribution in [3.8, 4) is 5.75 Å². The zero-order valence-electron chi connectivity index (χ0n) is 14.1. The van der Waals surface area contributed by atoms with Gasteiger partial charge in [0.15, 0.2) is 0 Å².